The molecular weight excluding hydrogens is 103 g/mol. The molecule has 0 spiro atoms. The normalized spacial score (nSPS) is 7.00. The van der Waals surface area contributed by atoms with E-state index < -0.39 is 0 Å². The molecule has 1 aromatic rings. The first-order valence-corrected chi connectivity index (χ1v) is 2.45. The van der Waals surface area contributed by atoms with Crippen LogP contribution in [0.25, 0.3) is 0 Å². The van der Waals surface area contributed by atoms with Crippen molar-refractivity contribution in [2.45, 2.75) is 0 Å². The predicted octanol–water partition coefficient (Wildman–Crippen LogP) is 1.02. The molecule has 0 N–H and O–H groups in total. The standard InChI is InChI=1S/C8H6.Li.H/c1-2-8-6-4-3-5-7-8;;/h1,3-7H;;. The van der Waals surface area contributed by atoms with E-state index in [2.05, 4.69) is 5.92 Å². The van der Waals surface area contributed by atoms with Gasteiger partial charge in [0, 0.05) is 5.56 Å². The Bertz CT molecular complexity index is 196. The van der Waals surface area contributed by atoms with Crippen molar-refractivity contribution in [1.82, 2.24) is 0 Å². The van der Waals surface area contributed by atoms with Crippen molar-refractivity contribution in [1.29, 1.82) is 0 Å². The second kappa shape index (κ2) is 4.28. The molecule has 0 saturated heterocycles. The Morgan fingerprint density at radius 2 is 1.67 bits per heavy atom. The van der Waals surface area contributed by atoms with Crippen molar-refractivity contribution in [2.24, 2.45) is 0 Å². The fourth-order valence-electron chi connectivity index (χ4n) is 0.534. The van der Waals surface area contributed by atoms with Gasteiger partial charge in [0.05, 0.1) is 0 Å². The third-order valence-electron chi connectivity index (χ3n) is 0.940. The van der Waals surface area contributed by atoms with Gasteiger partial charge in [0.2, 0.25) is 0 Å². The second-order valence-corrected chi connectivity index (χ2v) is 1.51. The van der Waals surface area contributed by atoms with Gasteiger partial charge in [-0.15, -0.1) is 6.42 Å². The Kier molecular flexibility index (Phi) is 3.98. The van der Waals surface area contributed by atoms with Gasteiger partial charge >= 0.3 is 18.9 Å². The minimum atomic E-state index is 0. The van der Waals surface area contributed by atoms with Gasteiger partial charge < -0.3 is 0 Å². The average molecular weight is 110 g/mol. The number of hydrogen-bond donors (Lipinski definition) is 0. The van der Waals surface area contributed by atoms with Crippen molar-refractivity contribution < 1.29 is 0 Å². The van der Waals surface area contributed by atoms with E-state index in [4.69, 9.17) is 6.42 Å². The summed E-state index contributed by atoms with van der Waals surface area (Å²) in [6.45, 7) is 0. The zero-order chi connectivity index (χ0) is 5.82. The molecule has 0 bridgehead atoms. The molecule has 0 aliphatic rings. The molecule has 0 amide bonds. The van der Waals surface area contributed by atoms with Gasteiger partial charge in [-0.3, -0.25) is 0 Å². The summed E-state index contributed by atoms with van der Waals surface area (Å²) in [5.74, 6) is 2.53. The summed E-state index contributed by atoms with van der Waals surface area (Å²) in [5, 5.41) is 0. The number of terminal acetylenes is 1. The van der Waals surface area contributed by atoms with Crippen LogP contribution in [0.15, 0.2) is 30.3 Å². The fourth-order valence-corrected chi connectivity index (χ4v) is 0.534. The average Bonchev–Trinajstić information content (AvgIpc) is 1.90. The molecule has 0 nitrogen and oxygen atoms in total. The monoisotopic (exact) mass is 110 g/mol. The van der Waals surface area contributed by atoms with E-state index in [-0.39, 0.29) is 18.9 Å². The minimum absolute atomic E-state index is 0. The predicted molar refractivity (Wildman–Crippen MR) is 41.5 cm³/mol. The molecule has 40 valence electrons. The van der Waals surface area contributed by atoms with E-state index >= 15 is 0 Å². The Hall–Kier alpha value is -0.623. The number of rotatable bonds is 0. The maximum atomic E-state index is 5.10. The molecule has 0 radical (unpaired) electrons. The van der Waals surface area contributed by atoms with Crippen LogP contribution in [0, 0.1) is 12.3 Å². The first-order chi connectivity index (χ1) is 3.93. The van der Waals surface area contributed by atoms with Gasteiger partial charge in [-0.05, 0) is 12.1 Å². The first-order valence-electron chi connectivity index (χ1n) is 2.45. The Morgan fingerprint density at radius 1 is 1.11 bits per heavy atom. The Labute approximate surface area is 67.5 Å². The molecule has 0 fully saturated rings. The Morgan fingerprint density at radius 3 is 2.00 bits per heavy atom. The third-order valence-corrected chi connectivity index (χ3v) is 0.940. The molecule has 0 aliphatic carbocycles. The summed E-state index contributed by atoms with van der Waals surface area (Å²) in [4.78, 5) is 0. The van der Waals surface area contributed by atoms with Crippen molar-refractivity contribution in [2.75, 3.05) is 0 Å². The zero-order valence-corrected chi connectivity index (χ0v) is 4.46. The van der Waals surface area contributed by atoms with E-state index in [0.717, 1.165) is 5.56 Å². The summed E-state index contributed by atoms with van der Waals surface area (Å²) in [7, 11) is 0. The summed E-state index contributed by atoms with van der Waals surface area (Å²) < 4.78 is 0. The molecule has 9 heavy (non-hydrogen) atoms. The number of hydrogen-bond acceptors (Lipinski definition) is 0. The van der Waals surface area contributed by atoms with Gasteiger partial charge in [-0.2, -0.15) is 0 Å². The van der Waals surface area contributed by atoms with Crippen LogP contribution in [-0.4, -0.2) is 18.9 Å². The first kappa shape index (κ1) is 8.38. The van der Waals surface area contributed by atoms with Crippen molar-refractivity contribution in [3.8, 4) is 12.3 Å². The van der Waals surface area contributed by atoms with Crippen LogP contribution < -0.4 is 0 Å². The van der Waals surface area contributed by atoms with Gasteiger partial charge in [0.15, 0.2) is 0 Å². The van der Waals surface area contributed by atoms with Crippen molar-refractivity contribution in [3.63, 3.8) is 0 Å². The summed E-state index contributed by atoms with van der Waals surface area (Å²) >= 11 is 0. The van der Waals surface area contributed by atoms with E-state index in [9.17, 15) is 0 Å². The maximum absolute atomic E-state index is 5.10. The quantitative estimate of drug-likeness (QED) is 0.345. The van der Waals surface area contributed by atoms with Gasteiger partial charge in [0.25, 0.3) is 0 Å². The van der Waals surface area contributed by atoms with Crippen LogP contribution in [0.5, 0.6) is 0 Å². The van der Waals surface area contributed by atoms with Gasteiger partial charge in [0.1, 0.15) is 0 Å². The number of benzene rings is 1. The topological polar surface area (TPSA) is 0 Å². The molecule has 0 saturated carbocycles. The van der Waals surface area contributed by atoms with Crippen LogP contribution in [0.2, 0.25) is 0 Å². The van der Waals surface area contributed by atoms with E-state index in [1.54, 1.807) is 0 Å². The summed E-state index contributed by atoms with van der Waals surface area (Å²) in [5.41, 5.74) is 0.938. The SMILES string of the molecule is C#Cc1ccccc1.[LiH]. The third kappa shape index (κ3) is 2.43. The molecule has 1 heteroatoms. The summed E-state index contributed by atoms with van der Waals surface area (Å²) in [6, 6.07) is 9.60. The second-order valence-electron chi connectivity index (χ2n) is 1.51. The van der Waals surface area contributed by atoms with Crippen molar-refractivity contribution in [3.05, 3.63) is 35.9 Å². The molecule has 0 unspecified atom stereocenters. The van der Waals surface area contributed by atoms with Gasteiger partial charge in [-0.1, -0.05) is 24.1 Å². The molecule has 0 aliphatic heterocycles. The van der Waals surface area contributed by atoms with E-state index in [1.807, 2.05) is 30.3 Å². The van der Waals surface area contributed by atoms with Crippen molar-refractivity contribution >= 4 is 18.9 Å². The van der Waals surface area contributed by atoms with Crippen LogP contribution in [0.1, 0.15) is 5.56 Å². The zero-order valence-electron chi connectivity index (χ0n) is 4.46. The molecule has 0 aromatic heterocycles. The van der Waals surface area contributed by atoms with Crippen LogP contribution in [0.3, 0.4) is 0 Å². The van der Waals surface area contributed by atoms with Crippen LogP contribution >= 0.6 is 0 Å². The Balaban J connectivity index is 0.000000640. The molecule has 0 atom stereocenters. The molecular formula is C8H7Li. The van der Waals surface area contributed by atoms with Crippen LogP contribution in [-0.2, 0) is 0 Å². The van der Waals surface area contributed by atoms with E-state index in [0.29, 0.717) is 0 Å². The molecule has 1 aromatic carbocycles. The molecule has 1 rings (SSSR count). The van der Waals surface area contributed by atoms with Crippen LogP contribution in [0.4, 0.5) is 0 Å². The fraction of sp³-hybridized carbons (Fsp3) is 0. The van der Waals surface area contributed by atoms with Gasteiger partial charge in [-0.25, -0.2) is 0 Å². The van der Waals surface area contributed by atoms with E-state index in [1.165, 1.54) is 0 Å². The summed E-state index contributed by atoms with van der Waals surface area (Å²) in [6.07, 6.45) is 5.10. The molecule has 0 heterocycles.